The minimum absolute atomic E-state index is 0.177. The molecule has 76 valence electrons. The summed E-state index contributed by atoms with van der Waals surface area (Å²) >= 11 is 1.39. The highest BCUT2D eigenvalue weighted by atomic mass is 32.1. The number of nitrogens with zero attached hydrogens (tertiary/aromatic N) is 1. The van der Waals surface area contributed by atoms with Crippen molar-refractivity contribution < 1.29 is 4.79 Å². The Bertz CT molecular complexity index is 346. The van der Waals surface area contributed by atoms with Crippen molar-refractivity contribution in [2.24, 2.45) is 5.73 Å². The van der Waals surface area contributed by atoms with Gasteiger partial charge in [0.1, 0.15) is 10.7 Å². The van der Waals surface area contributed by atoms with E-state index < -0.39 is 0 Å². The summed E-state index contributed by atoms with van der Waals surface area (Å²) in [4.78, 5) is 15.5. The Morgan fingerprint density at radius 1 is 1.79 bits per heavy atom. The van der Waals surface area contributed by atoms with Crippen LogP contribution in [0.25, 0.3) is 0 Å². The molecule has 1 aromatic rings. The molecule has 1 aromatic heterocycles. The van der Waals surface area contributed by atoms with Crippen LogP contribution in [0.15, 0.2) is 17.5 Å². The van der Waals surface area contributed by atoms with E-state index in [-0.39, 0.29) is 5.91 Å². The van der Waals surface area contributed by atoms with E-state index in [0.717, 1.165) is 10.6 Å². The van der Waals surface area contributed by atoms with E-state index in [0.29, 0.717) is 18.8 Å². The Morgan fingerprint density at radius 3 is 3.00 bits per heavy atom. The fourth-order valence-corrected chi connectivity index (χ4v) is 1.49. The molecule has 0 atom stereocenters. The van der Waals surface area contributed by atoms with E-state index in [2.05, 4.69) is 16.9 Å². The van der Waals surface area contributed by atoms with E-state index in [9.17, 15) is 4.79 Å². The molecule has 0 saturated carbocycles. The molecule has 1 rings (SSSR count). The van der Waals surface area contributed by atoms with E-state index in [1.54, 1.807) is 5.38 Å². The van der Waals surface area contributed by atoms with Crippen molar-refractivity contribution in [3.8, 4) is 0 Å². The summed E-state index contributed by atoms with van der Waals surface area (Å²) in [6, 6.07) is 0. The van der Waals surface area contributed by atoms with Gasteiger partial charge in [-0.2, -0.15) is 0 Å². The molecule has 0 spiro atoms. The number of rotatable bonds is 4. The van der Waals surface area contributed by atoms with Crippen LogP contribution < -0.4 is 11.1 Å². The summed E-state index contributed by atoms with van der Waals surface area (Å²) in [6.45, 7) is 6.40. The van der Waals surface area contributed by atoms with E-state index in [1.807, 2.05) is 6.92 Å². The molecule has 0 aliphatic carbocycles. The standard InChI is InChI=1S/C9H13N3OS/c1-6(2)4-11-9(13)7-5-14-8(3-10)12-7/h5H,1,3-4,10H2,2H3,(H,11,13). The van der Waals surface area contributed by atoms with Crippen molar-refractivity contribution in [3.05, 3.63) is 28.2 Å². The SMILES string of the molecule is C=C(C)CNC(=O)c1csc(CN)n1. The van der Waals surface area contributed by atoms with Crippen LogP contribution in [0.1, 0.15) is 22.4 Å². The van der Waals surface area contributed by atoms with Crippen molar-refractivity contribution in [2.45, 2.75) is 13.5 Å². The molecule has 0 unspecified atom stereocenters. The van der Waals surface area contributed by atoms with Gasteiger partial charge < -0.3 is 11.1 Å². The second-order valence-corrected chi connectivity index (χ2v) is 3.91. The van der Waals surface area contributed by atoms with Crippen molar-refractivity contribution in [3.63, 3.8) is 0 Å². The summed E-state index contributed by atoms with van der Waals surface area (Å²) in [5.74, 6) is -0.177. The largest absolute Gasteiger partial charge is 0.347 e. The molecule has 0 bridgehead atoms. The molecule has 4 nitrogen and oxygen atoms in total. The fourth-order valence-electron chi connectivity index (χ4n) is 0.831. The molecule has 1 amide bonds. The van der Waals surface area contributed by atoms with Crippen molar-refractivity contribution >= 4 is 17.2 Å². The maximum atomic E-state index is 11.4. The number of hydrogen-bond acceptors (Lipinski definition) is 4. The maximum Gasteiger partial charge on any atom is 0.271 e. The van der Waals surface area contributed by atoms with Crippen LogP contribution in [0.4, 0.5) is 0 Å². The molecule has 3 N–H and O–H groups in total. The number of carbonyl (C=O) groups is 1. The minimum Gasteiger partial charge on any atom is -0.347 e. The van der Waals surface area contributed by atoms with E-state index >= 15 is 0 Å². The fraction of sp³-hybridized carbons (Fsp3) is 0.333. The van der Waals surface area contributed by atoms with E-state index in [4.69, 9.17) is 5.73 Å². The Labute approximate surface area is 86.8 Å². The Balaban J connectivity index is 2.56. The average Bonchev–Trinajstić information content (AvgIpc) is 2.62. The summed E-state index contributed by atoms with van der Waals surface area (Å²) in [7, 11) is 0. The lowest BCUT2D eigenvalue weighted by atomic mass is 10.3. The number of hydrogen-bond donors (Lipinski definition) is 2. The van der Waals surface area contributed by atoms with Gasteiger partial charge >= 0.3 is 0 Å². The number of carbonyl (C=O) groups excluding carboxylic acids is 1. The van der Waals surface area contributed by atoms with Gasteiger partial charge in [-0.15, -0.1) is 11.3 Å². The molecule has 0 radical (unpaired) electrons. The monoisotopic (exact) mass is 211 g/mol. The lowest BCUT2D eigenvalue weighted by molar-refractivity contribution is 0.0952. The molecule has 5 heteroatoms. The van der Waals surface area contributed by atoms with Crippen LogP contribution in [-0.4, -0.2) is 17.4 Å². The van der Waals surface area contributed by atoms with Crippen molar-refractivity contribution in [1.29, 1.82) is 0 Å². The van der Waals surface area contributed by atoms with Gasteiger partial charge in [0.25, 0.3) is 5.91 Å². The first kappa shape index (κ1) is 10.9. The first-order chi connectivity index (χ1) is 6.63. The first-order valence-corrected chi connectivity index (χ1v) is 5.08. The minimum atomic E-state index is -0.177. The molecular weight excluding hydrogens is 198 g/mol. The highest BCUT2D eigenvalue weighted by Gasteiger charge is 2.08. The van der Waals surface area contributed by atoms with Crippen LogP contribution in [0.2, 0.25) is 0 Å². The predicted molar refractivity (Wildman–Crippen MR) is 57.2 cm³/mol. The molecule has 0 aliphatic rings. The van der Waals surface area contributed by atoms with Crippen LogP contribution in [0, 0.1) is 0 Å². The molecule has 14 heavy (non-hydrogen) atoms. The lowest BCUT2D eigenvalue weighted by Gasteiger charge is -2.00. The second-order valence-electron chi connectivity index (χ2n) is 2.97. The van der Waals surface area contributed by atoms with Crippen molar-refractivity contribution in [2.75, 3.05) is 6.54 Å². The number of nitrogens with two attached hydrogens (primary N) is 1. The average molecular weight is 211 g/mol. The number of amides is 1. The van der Waals surface area contributed by atoms with Gasteiger partial charge in [0, 0.05) is 18.5 Å². The number of thiazole rings is 1. The van der Waals surface area contributed by atoms with Gasteiger partial charge in [-0.05, 0) is 6.92 Å². The normalized spacial score (nSPS) is 9.86. The Hall–Kier alpha value is -1.20. The first-order valence-electron chi connectivity index (χ1n) is 4.20. The highest BCUT2D eigenvalue weighted by molar-refractivity contribution is 7.09. The van der Waals surface area contributed by atoms with Crippen molar-refractivity contribution in [1.82, 2.24) is 10.3 Å². The second kappa shape index (κ2) is 4.88. The molecule has 0 fully saturated rings. The zero-order valence-electron chi connectivity index (χ0n) is 8.04. The molecule has 0 saturated heterocycles. The molecule has 0 aromatic carbocycles. The maximum absolute atomic E-state index is 11.4. The Kier molecular flexibility index (Phi) is 3.79. The van der Waals surface area contributed by atoms with Crippen LogP contribution >= 0.6 is 11.3 Å². The summed E-state index contributed by atoms with van der Waals surface area (Å²) in [6.07, 6.45) is 0. The summed E-state index contributed by atoms with van der Waals surface area (Å²) in [5.41, 5.74) is 6.72. The third kappa shape index (κ3) is 2.93. The van der Waals surface area contributed by atoms with Gasteiger partial charge in [0.2, 0.25) is 0 Å². The third-order valence-corrected chi connectivity index (χ3v) is 2.38. The number of nitrogens with one attached hydrogen (secondary N) is 1. The zero-order chi connectivity index (χ0) is 10.6. The highest BCUT2D eigenvalue weighted by Crippen LogP contribution is 2.08. The summed E-state index contributed by atoms with van der Waals surface area (Å²) in [5, 5.41) is 5.17. The molecule has 1 heterocycles. The van der Waals surface area contributed by atoms with Gasteiger partial charge in [-0.25, -0.2) is 4.98 Å². The topological polar surface area (TPSA) is 68.0 Å². The molecule has 0 aliphatic heterocycles. The van der Waals surface area contributed by atoms with Crippen LogP contribution in [-0.2, 0) is 6.54 Å². The Morgan fingerprint density at radius 2 is 2.50 bits per heavy atom. The zero-order valence-corrected chi connectivity index (χ0v) is 8.86. The predicted octanol–water partition coefficient (Wildman–Crippen LogP) is 0.908. The van der Waals surface area contributed by atoms with Crippen LogP contribution in [0.3, 0.4) is 0 Å². The van der Waals surface area contributed by atoms with Gasteiger partial charge in [0.05, 0.1) is 0 Å². The molecular formula is C9H13N3OS. The van der Waals surface area contributed by atoms with Gasteiger partial charge in [0.15, 0.2) is 0 Å². The van der Waals surface area contributed by atoms with Gasteiger partial charge in [-0.1, -0.05) is 12.2 Å². The lowest BCUT2D eigenvalue weighted by Crippen LogP contribution is -2.25. The van der Waals surface area contributed by atoms with Crippen LogP contribution in [0.5, 0.6) is 0 Å². The van der Waals surface area contributed by atoms with Gasteiger partial charge in [-0.3, -0.25) is 4.79 Å². The smallest absolute Gasteiger partial charge is 0.271 e. The van der Waals surface area contributed by atoms with E-state index in [1.165, 1.54) is 11.3 Å². The quantitative estimate of drug-likeness (QED) is 0.727. The summed E-state index contributed by atoms with van der Waals surface area (Å²) < 4.78 is 0. The third-order valence-electron chi connectivity index (χ3n) is 1.51. The number of aromatic nitrogens is 1.